The summed E-state index contributed by atoms with van der Waals surface area (Å²) in [5, 5.41) is 2.95. The lowest BCUT2D eigenvalue weighted by atomic mass is 9.96. The highest BCUT2D eigenvalue weighted by Crippen LogP contribution is 2.26. The number of amides is 1. The molecule has 1 unspecified atom stereocenters. The number of fused-ring (bicyclic) bond motifs is 1. The Labute approximate surface area is 186 Å². The van der Waals surface area contributed by atoms with Crippen LogP contribution in [0.4, 0.5) is 10.1 Å². The van der Waals surface area contributed by atoms with E-state index in [1.807, 2.05) is 24.3 Å². The zero-order valence-electron chi connectivity index (χ0n) is 17.3. The van der Waals surface area contributed by atoms with Crippen molar-refractivity contribution in [2.24, 2.45) is 5.92 Å². The number of para-hydroxylation sites is 1. The van der Waals surface area contributed by atoms with Crippen LogP contribution < -0.4 is 14.8 Å². The highest BCUT2D eigenvalue weighted by atomic mass is 32.2. The Kier molecular flexibility index (Phi) is 6.41. The number of hydrogen-bond acceptors (Lipinski definition) is 4. The van der Waals surface area contributed by atoms with Crippen LogP contribution in [-0.2, 0) is 27.7 Å². The summed E-state index contributed by atoms with van der Waals surface area (Å²) < 4.78 is 46.0. The fourth-order valence-corrected chi connectivity index (χ4v) is 4.61. The molecule has 0 bridgehead atoms. The summed E-state index contributed by atoms with van der Waals surface area (Å²) >= 11 is 0. The smallest absolute Gasteiger partial charge is 0.261 e. The second kappa shape index (κ2) is 9.40. The molecular formula is C24H23FN2O4S. The average Bonchev–Trinajstić information content (AvgIpc) is 2.79. The first kappa shape index (κ1) is 21.8. The van der Waals surface area contributed by atoms with Gasteiger partial charge in [-0.2, -0.15) is 0 Å². The van der Waals surface area contributed by atoms with Crippen molar-refractivity contribution in [2.45, 2.75) is 17.7 Å². The second-order valence-corrected chi connectivity index (χ2v) is 9.41. The molecule has 3 aromatic carbocycles. The monoisotopic (exact) mass is 454 g/mol. The van der Waals surface area contributed by atoms with E-state index in [0.717, 1.165) is 35.4 Å². The Balaban J connectivity index is 1.28. The Bertz CT molecular complexity index is 1200. The van der Waals surface area contributed by atoms with Crippen molar-refractivity contribution >= 4 is 21.6 Å². The molecule has 166 valence electrons. The van der Waals surface area contributed by atoms with Crippen molar-refractivity contribution < 1.29 is 22.3 Å². The van der Waals surface area contributed by atoms with Gasteiger partial charge in [-0.1, -0.05) is 30.3 Å². The number of carbonyl (C=O) groups is 1. The number of benzene rings is 3. The number of hydrogen-bond donors (Lipinski definition) is 2. The van der Waals surface area contributed by atoms with E-state index in [0.29, 0.717) is 18.8 Å². The molecule has 6 nitrogen and oxygen atoms in total. The van der Waals surface area contributed by atoms with Gasteiger partial charge in [0.2, 0.25) is 5.91 Å². The first-order valence-electron chi connectivity index (χ1n) is 10.2. The number of carbonyl (C=O) groups excluding carboxylic acids is 1. The lowest BCUT2D eigenvalue weighted by Gasteiger charge is -2.25. The molecule has 0 aliphatic carbocycles. The van der Waals surface area contributed by atoms with E-state index in [9.17, 15) is 17.6 Å². The largest absolute Gasteiger partial charge is 0.493 e. The van der Waals surface area contributed by atoms with Crippen LogP contribution in [0.3, 0.4) is 0 Å². The lowest BCUT2D eigenvalue weighted by Crippen LogP contribution is -2.35. The first-order chi connectivity index (χ1) is 15.4. The maximum atomic E-state index is 13.0. The predicted molar refractivity (Wildman–Crippen MR) is 119 cm³/mol. The van der Waals surface area contributed by atoms with Gasteiger partial charge in [-0.05, 0) is 60.0 Å². The van der Waals surface area contributed by atoms with Crippen LogP contribution in [0.15, 0.2) is 77.7 Å². The van der Waals surface area contributed by atoms with E-state index in [-0.39, 0.29) is 23.1 Å². The maximum absolute atomic E-state index is 13.0. The van der Waals surface area contributed by atoms with Crippen molar-refractivity contribution in [3.8, 4) is 5.75 Å². The Morgan fingerprint density at radius 3 is 2.47 bits per heavy atom. The molecule has 8 heteroatoms. The summed E-state index contributed by atoms with van der Waals surface area (Å²) in [5.41, 5.74) is 2.27. The third kappa shape index (κ3) is 5.45. The minimum atomic E-state index is -3.82. The van der Waals surface area contributed by atoms with E-state index < -0.39 is 15.8 Å². The van der Waals surface area contributed by atoms with E-state index in [1.54, 1.807) is 24.3 Å². The van der Waals surface area contributed by atoms with E-state index in [4.69, 9.17) is 4.74 Å². The van der Waals surface area contributed by atoms with Gasteiger partial charge in [0.05, 0.1) is 17.9 Å². The van der Waals surface area contributed by atoms with Gasteiger partial charge < -0.3 is 10.1 Å². The van der Waals surface area contributed by atoms with Crippen LogP contribution in [0.1, 0.15) is 11.1 Å². The highest BCUT2D eigenvalue weighted by Gasteiger charge is 2.20. The second-order valence-electron chi connectivity index (χ2n) is 7.73. The minimum absolute atomic E-state index is 0.0309. The summed E-state index contributed by atoms with van der Waals surface area (Å²) in [5.74, 6) is 0.512. The Morgan fingerprint density at radius 2 is 1.72 bits per heavy atom. The van der Waals surface area contributed by atoms with Gasteiger partial charge in [0, 0.05) is 18.2 Å². The quantitative estimate of drug-likeness (QED) is 0.572. The normalized spacial score (nSPS) is 15.3. The minimum Gasteiger partial charge on any atom is -0.493 e. The molecule has 32 heavy (non-hydrogen) atoms. The van der Waals surface area contributed by atoms with E-state index in [2.05, 4.69) is 10.0 Å². The molecule has 1 aliphatic rings. The Hall–Kier alpha value is -3.39. The fourth-order valence-electron chi connectivity index (χ4n) is 3.55. The predicted octanol–water partition coefficient (Wildman–Crippen LogP) is 3.54. The first-order valence-corrected chi connectivity index (χ1v) is 11.7. The number of ether oxygens (including phenoxy) is 1. The van der Waals surface area contributed by atoms with Crippen molar-refractivity contribution in [2.75, 3.05) is 17.9 Å². The van der Waals surface area contributed by atoms with Gasteiger partial charge in [-0.15, -0.1) is 0 Å². The maximum Gasteiger partial charge on any atom is 0.261 e. The standard InChI is InChI=1S/C24H23FN2O4S/c25-20-7-11-22(12-8-20)32(29,30)27-21-9-5-17(6-10-21)14-24(28)26-15-18-13-19-3-1-2-4-23(19)31-16-18/h1-12,18,27H,13-16H2,(H,26,28). The van der Waals surface area contributed by atoms with Crippen LogP contribution >= 0.6 is 0 Å². The molecule has 1 atom stereocenters. The molecule has 2 N–H and O–H groups in total. The SMILES string of the molecule is O=C(Cc1ccc(NS(=O)(=O)c2ccc(F)cc2)cc1)NCC1COc2ccccc2C1. The van der Waals surface area contributed by atoms with Gasteiger partial charge in [-0.3, -0.25) is 9.52 Å². The lowest BCUT2D eigenvalue weighted by molar-refractivity contribution is -0.120. The third-order valence-corrected chi connectivity index (χ3v) is 6.64. The molecule has 1 amide bonds. The zero-order chi connectivity index (χ0) is 22.6. The summed E-state index contributed by atoms with van der Waals surface area (Å²) in [7, 11) is -3.82. The molecular weight excluding hydrogens is 431 g/mol. The van der Waals surface area contributed by atoms with E-state index >= 15 is 0 Å². The molecule has 0 spiro atoms. The highest BCUT2D eigenvalue weighted by molar-refractivity contribution is 7.92. The summed E-state index contributed by atoms with van der Waals surface area (Å²) in [4.78, 5) is 12.3. The number of halogens is 1. The average molecular weight is 455 g/mol. The summed E-state index contributed by atoms with van der Waals surface area (Å²) in [6.45, 7) is 1.10. The van der Waals surface area contributed by atoms with Crippen molar-refractivity contribution in [1.82, 2.24) is 5.32 Å². The fraction of sp³-hybridized carbons (Fsp3) is 0.208. The molecule has 0 saturated heterocycles. The van der Waals surface area contributed by atoms with Crippen molar-refractivity contribution in [3.63, 3.8) is 0 Å². The summed E-state index contributed by atoms with van der Waals surface area (Å²) in [6.07, 6.45) is 1.05. The molecule has 0 saturated carbocycles. The van der Waals surface area contributed by atoms with Gasteiger partial charge in [0.15, 0.2) is 0 Å². The Morgan fingerprint density at radius 1 is 1.00 bits per heavy atom. The van der Waals surface area contributed by atoms with Gasteiger partial charge in [0.1, 0.15) is 11.6 Å². The topological polar surface area (TPSA) is 84.5 Å². The van der Waals surface area contributed by atoms with Gasteiger partial charge >= 0.3 is 0 Å². The molecule has 4 rings (SSSR count). The van der Waals surface area contributed by atoms with Gasteiger partial charge in [0.25, 0.3) is 10.0 Å². The number of anilines is 1. The van der Waals surface area contributed by atoms with E-state index in [1.165, 1.54) is 12.1 Å². The molecule has 0 fully saturated rings. The van der Waals surface area contributed by atoms with Crippen molar-refractivity contribution in [3.05, 3.63) is 89.7 Å². The van der Waals surface area contributed by atoms with Crippen LogP contribution in [-0.4, -0.2) is 27.5 Å². The van der Waals surface area contributed by atoms with Crippen LogP contribution in [0.2, 0.25) is 0 Å². The number of sulfonamides is 1. The van der Waals surface area contributed by atoms with Crippen LogP contribution in [0.5, 0.6) is 5.75 Å². The third-order valence-electron chi connectivity index (χ3n) is 5.24. The van der Waals surface area contributed by atoms with Crippen LogP contribution in [0.25, 0.3) is 0 Å². The van der Waals surface area contributed by atoms with Crippen molar-refractivity contribution in [1.29, 1.82) is 0 Å². The molecule has 0 radical (unpaired) electrons. The molecule has 3 aromatic rings. The summed E-state index contributed by atoms with van der Waals surface area (Å²) in [6, 6.07) is 19.1. The zero-order valence-corrected chi connectivity index (χ0v) is 18.1. The van der Waals surface area contributed by atoms with Crippen LogP contribution in [0, 0.1) is 11.7 Å². The number of rotatable bonds is 7. The molecule has 1 heterocycles. The van der Waals surface area contributed by atoms with Gasteiger partial charge in [-0.25, -0.2) is 12.8 Å². The molecule has 0 aromatic heterocycles. The molecule has 1 aliphatic heterocycles. The number of nitrogens with one attached hydrogen (secondary N) is 2.